The summed E-state index contributed by atoms with van der Waals surface area (Å²) in [6, 6.07) is -0.350. The van der Waals surface area contributed by atoms with E-state index in [0.29, 0.717) is 36.8 Å². The Kier molecular flexibility index (Phi) is 36.4. The van der Waals surface area contributed by atoms with Gasteiger partial charge in [-0.15, -0.1) is 0 Å². The second-order valence-corrected chi connectivity index (χ2v) is 23.1. The second kappa shape index (κ2) is 42.0. The number of carbonyl (C=O) groups excluding carboxylic acids is 11. The predicted molar refractivity (Wildman–Crippen MR) is 321 cm³/mol. The molecule has 0 spiro atoms. The zero-order valence-corrected chi connectivity index (χ0v) is 52.2. The van der Waals surface area contributed by atoms with Crippen molar-refractivity contribution in [3.63, 3.8) is 0 Å². The van der Waals surface area contributed by atoms with Gasteiger partial charge in [-0.2, -0.15) is 0 Å². The fourth-order valence-electron chi connectivity index (χ4n) is 10.2. The average molecular weight is 1290 g/mol. The number of nitrogens with two attached hydrogens (primary N) is 1. The van der Waals surface area contributed by atoms with E-state index in [9.17, 15) is 102 Å². The molecule has 1 aromatic rings. The van der Waals surface area contributed by atoms with Crippen LogP contribution in [0.3, 0.4) is 0 Å². The van der Waals surface area contributed by atoms with Crippen LogP contribution in [0.2, 0.25) is 0 Å². The quantitative estimate of drug-likeness (QED) is 0.0330. The van der Waals surface area contributed by atoms with Gasteiger partial charge in [0.1, 0.15) is 19.3 Å². The molecule has 1 fully saturated rings. The fraction of sp³-hybridized carbons (Fsp3) is 0.645. The van der Waals surface area contributed by atoms with Crippen LogP contribution < -0.4 is 27.0 Å². The molecule has 0 aromatic heterocycles. The minimum Gasteiger partial charge on any atom is -0.481 e. The van der Waals surface area contributed by atoms with Crippen molar-refractivity contribution < 1.29 is 112 Å². The zero-order valence-electron chi connectivity index (χ0n) is 52.2. The number of hydrogen-bond donors (Lipinski definition) is 10. The molecule has 506 valence electrons. The molecule has 1 aliphatic rings. The van der Waals surface area contributed by atoms with Crippen LogP contribution in [0.25, 0.3) is 0 Å². The summed E-state index contributed by atoms with van der Waals surface area (Å²) in [6.07, 6.45) is -7.01. The summed E-state index contributed by atoms with van der Waals surface area (Å²) < 4.78 is 10.8. The van der Waals surface area contributed by atoms with Crippen LogP contribution >= 0.6 is 0 Å². The van der Waals surface area contributed by atoms with Crippen LogP contribution in [-0.2, 0) is 87.8 Å². The molecule has 0 bridgehead atoms. The van der Waals surface area contributed by atoms with Crippen molar-refractivity contribution in [2.75, 3.05) is 39.5 Å². The fourth-order valence-corrected chi connectivity index (χ4v) is 10.2. The Bertz CT molecular complexity index is 2710. The van der Waals surface area contributed by atoms with Gasteiger partial charge in [-0.1, -0.05) is 45.0 Å². The highest BCUT2D eigenvalue weighted by Gasteiger charge is 2.38. The third-order valence-corrected chi connectivity index (χ3v) is 15.1. The molecular weight excluding hydrogens is 1200 g/mol. The van der Waals surface area contributed by atoms with E-state index in [1.165, 1.54) is 36.1 Å². The van der Waals surface area contributed by atoms with Gasteiger partial charge >= 0.3 is 29.8 Å². The zero-order chi connectivity index (χ0) is 68.3. The highest BCUT2D eigenvalue weighted by Crippen LogP contribution is 2.23. The number of carboxylic acid groups (broad SMARTS) is 5. The molecule has 29 nitrogen and oxygen atoms in total. The maximum atomic E-state index is 14.3. The van der Waals surface area contributed by atoms with Crippen LogP contribution in [0.4, 0.5) is 0 Å². The maximum Gasteiger partial charge on any atom is 0.303 e. The van der Waals surface area contributed by atoms with Gasteiger partial charge in [0, 0.05) is 107 Å². The Morgan fingerprint density at radius 1 is 0.549 bits per heavy atom. The number of nitrogens with one attached hydrogen (secondary N) is 4. The molecule has 0 radical (unpaired) electrons. The minimum absolute atomic E-state index is 0.00829. The van der Waals surface area contributed by atoms with Crippen LogP contribution in [0.1, 0.15) is 172 Å². The lowest BCUT2D eigenvalue weighted by molar-refractivity contribution is -0.142. The van der Waals surface area contributed by atoms with E-state index in [1.807, 2.05) is 20.8 Å². The third kappa shape index (κ3) is 31.4. The van der Waals surface area contributed by atoms with Gasteiger partial charge < -0.3 is 66.9 Å². The molecule has 5 amide bonds. The SMILES string of the molecule is CCCC(=O)[C@H](CC(C)C)NC(=O)[C@@H]1CCCN1C(=O)COCCCC(=O)[C@H](Cc1ccc(C(C)=O)cc1)NC(=O)[C@@H](CCC(=O)O)CC(=O)[C@@H](CCC(=O)O)NC(=O)[C@@H](CCC(=O)O)CC(=O)[C@@H](CCC(=O)O)NC(=O)[C@@H](CCC(=O)O)CC(=O)COCCN. The Labute approximate surface area is 527 Å². The lowest BCUT2D eigenvalue weighted by Gasteiger charge is -2.27. The Balaban J connectivity index is 2.42. The van der Waals surface area contributed by atoms with Gasteiger partial charge in [0.2, 0.25) is 29.5 Å². The summed E-state index contributed by atoms with van der Waals surface area (Å²) in [4.78, 5) is 209. The van der Waals surface area contributed by atoms with Gasteiger partial charge in [-0.05, 0) is 89.0 Å². The van der Waals surface area contributed by atoms with E-state index in [-0.39, 0.29) is 69.5 Å². The predicted octanol–water partition coefficient (Wildman–Crippen LogP) is 2.17. The molecule has 1 aliphatic heterocycles. The molecule has 1 aromatic carbocycles. The van der Waals surface area contributed by atoms with E-state index < -0.39 is 227 Å². The smallest absolute Gasteiger partial charge is 0.303 e. The van der Waals surface area contributed by atoms with Crippen molar-refractivity contribution in [3.8, 4) is 0 Å². The topological polar surface area (TPSA) is 470 Å². The Morgan fingerprint density at radius 2 is 1.00 bits per heavy atom. The number of likely N-dealkylation sites (tertiary alicyclic amines) is 1. The van der Waals surface area contributed by atoms with Crippen LogP contribution in [0.5, 0.6) is 0 Å². The van der Waals surface area contributed by atoms with Crippen molar-refractivity contribution in [1.29, 1.82) is 0 Å². The number of aliphatic carboxylic acids is 5. The second-order valence-electron chi connectivity index (χ2n) is 23.1. The summed E-state index contributed by atoms with van der Waals surface area (Å²) in [5, 5.41) is 57.9. The Morgan fingerprint density at radius 3 is 1.45 bits per heavy atom. The molecule has 29 heteroatoms. The highest BCUT2D eigenvalue weighted by atomic mass is 16.5. The normalized spacial score (nSPS) is 15.1. The first-order valence-corrected chi connectivity index (χ1v) is 30.6. The molecule has 0 saturated carbocycles. The monoisotopic (exact) mass is 1290 g/mol. The van der Waals surface area contributed by atoms with Crippen molar-refractivity contribution in [2.24, 2.45) is 29.4 Å². The van der Waals surface area contributed by atoms with Crippen molar-refractivity contribution in [1.82, 2.24) is 26.2 Å². The van der Waals surface area contributed by atoms with Gasteiger partial charge in [-0.3, -0.25) is 76.7 Å². The molecule has 0 unspecified atom stereocenters. The number of amides is 5. The lowest BCUT2D eigenvalue weighted by atomic mass is 9.89. The molecular formula is C62H90N6O23. The number of nitrogens with zero attached hydrogens (tertiary/aromatic N) is 1. The van der Waals surface area contributed by atoms with Gasteiger partial charge in [-0.25, -0.2) is 0 Å². The lowest BCUT2D eigenvalue weighted by Crippen LogP contribution is -2.51. The largest absolute Gasteiger partial charge is 0.481 e. The van der Waals surface area contributed by atoms with Gasteiger partial charge in [0.15, 0.2) is 34.7 Å². The van der Waals surface area contributed by atoms with E-state index in [4.69, 9.17) is 15.2 Å². The van der Waals surface area contributed by atoms with E-state index >= 15 is 0 Å². The number of hydrogen-bond acceptors (Lipinski definition) is 19. The number of rotatable bonds is 50. The number of ketones is 6. The molecule has 11 N–H and O–H groups in total. The summed E-state index contributed by atoms with van der Waals surface area (Å²) in [6.45, 7) is 6.28. The molecule has 2 rings (SSSR count). The third-order valence-electron chi connectivity index (χ3n) is 15.1. The molecule has 0 aliphatic carbocycles. The van der Waals surface area contributed by atoms with Crippen LogP contribution in [0, 0.1) is 23.7 Å². The van der Waals surface area contributed by atoms with E-state index in [2.05, 4.69) is 21.3 Å². The molecule has 1 saturated heterocycles. The van der Waals surface area contributed by atoms with Gasteiger partial charge in [0.05, 0.1) is 30.8 Å². The molecule has 8 atom stereocenters. The summed E-state index contributed by atoms with van der Waals surface area (Å²) in [5.41, 5.74) is 6.17. The number of carbonyl (C=O) groups is 16. The van der Waals surface area contributed by atoms with Gasteiger partial charge in [0.25, 0.3) is 0 Å². The van der Waals surface area contributed by atoms with Crippen molar-refractivity contribution in [3.05, 3.63) is 35.4 Å². The molecule has 1 heterocycles. The first-order valence-electron chi connectivity index (χ1n) is 30.6. The number of carboxylic acids is 5. The number of benzene rings is 1. The summed E-state index contributed by atoms with van der Waals surface area (Å²) in [7, 11) is 0. The first-order chi connectivity index (χ1) is 43.0. The highest BCUT2D eigenvalue weighted by molar-refractivity contribution is 5.98. The maximum absolute atomic E-state index is 14.3. The van der Waals surface area contributed by atoms with Crippen molar-refractivity contribution >= 4 is 94.1 Å². The minimum atomic E-state index is -1.80. The van der Waals surface area contributed by atoms with E-state index in [1.54, 1.807) is 0 Å². The average Bonchev–Trinajstić information content (AvgIpc) is 1.94. The van der Waals surface area contributed by atoms with Crippen LogP contribution in [-0.4, -0.2) is 194 Å². The van der Waals surface area contributed by atoms with Crippen LogP contribution in [0.15, 0.2) is 24.3 Å². The summed E-state index contributed by atoms with van der Waals surface area (Å²) >= 11 is 0. The standard InChI is InChI=1S/C62H90N6O23/c1-5-8-49(71)46(29-36(2)3)67-62(89)48-9-6-26-68(48)53(75)35-90-27-7-10-50(72)47(30-38-11-13-39(14-12-38)37(4)69)66-61(88)42(17-22-56(80)81)33-52(74)45(19-24-58(84)85)65-60(87)41(16-21-55(78)79)32-51(73)44(18-23-57(82)83)64-59(86)40(15-20-54(76)77)31-43(70)34-91-28-25-63/h11-14,36,40-42,44-48H,5-10,15-35,63H2,1-4H3,(H,64,86)(H,65,87)(H,66,88)(H,67,89)(H,76,77)(H,78,79)(H,80,81)(H,82,83)(H,84,85)/t40-,41-,42-,44+,45+,46-,47-,48-/m0/s1. The number of ether oxygens (including phenoxy) is 2. The number of Topliss-reactive ketones (excluding diaryl/α,β-unsaturated/α-hetero) is 6. The first kappa shape index (κ1) is 78.9. The molecule has 91 heavy (non-hydrogen) atoms. The van der Waals surface area contributed by atoms with Crippen molar-refractivity contribution in [2.45, 2.75) is 193 Å². The summed E-state index contributed by atoms with van der Waals surface area (Å²) in [5.74, 6) is -19.4. The Hall–Kier alpha value is -8.18. The van der Waals surface area contributed by atoms with E-state index in [0.717, 1.165) is 0 Å².